The Morgan fingerprint density at radius 2 is 1.14 bits per heavy atom. The smallest absolute Gasteiger partial charge is 0.216 e. The summed E-state index contributed by atoms with van der Waals surface area (Å²) in [6.07, 6.45) is 2.75. The molecule has 0 amide bonds. The van der Waals surface area contributed by atoms with Gasteiger partial charge >= 0.3 is 0 Å². The first-order chi connectivity index (χ1) is 16.4. The monoisotopic (exact) mass is 506 g/mol. The maximum atomic E-state index is 12.7. The maximum absolute atomic E-state index is 12.7. The van der Waals surface area contributed by atoms with Crippen LogP contribution in [0, 0.1) is 18.6 Å². The first-order valence-electron chi connectivity index (χ1n) is 11.6. The highest BCUT2D eigenvalue weighted by atomic mass is 35.5. The highest BCUT2D eigenvalue weighted by Crippen LogP contribution is 2.26. The minimum atomic E-state index is -0.320. The second-order valence-corrected chi connectivity index (χ2v) is 9.41. The molecule has 4 nitrogen and oxygen atoms in total. The fourth-order valence-corrected chi connectivity index (χ4v) is 3.45. The van der Waals surface area contributed by atoms with Crippen LogP contribution >= 0.6 is 11.6 Å². The van der Waals surface area contributed by atoms with Crippen molar-refractivity contribution in [2.75, 3.05) is 14.2 Å². The number of benzene rings is 1. The van der Waals surface area contributed by atoms with Gasteiger partial charge in [-0.2, -0.15) is 0 Å². The normalized spacial score (nSPS) is 10.5. The molecule has 7 heteroatoms. The van der Waals surface area contributed by atoms with Crippen LogP contribution in [0.1, 0.15) is 81.5 Å². The number of rotatable bonds is 5. The lowest BCUT2D eigenvalue weighted by Crippen LogP contribution is -1.97. The fraction of sp³-hybridized carbons (Fsp3) is 0.429. The van der Waals surface area contributed by atoms with Crippen LogP contribution in [-0.2, 0) is 0 Å². The average Bonchev–Trinajstić information content (AvgIpc) is 2.81. The van der Waals surface area contributed by atoms with E-state index in [1.54, 1.807) is 19.4 Å². The van der Waals surface area contributed by atoms with Crippen molar-refractivity contribution in [2.45, 2.75) is 66.2 Å². The molecule has 0 aliphatic heterocycles. The Labute approximate surface area is 213 Å². The van der Waals surface area contributed by atoms with Crippen molar-refractivity contribution < 1.29 is 18.3 Å². The summed E-state index contributed by atoms with van der Waals surface area (Å²) in [6.45, 7) is 14.3. The van der Waals surface area contributed by atoms with E-state index in [-0.39, 0.29) is 17.6 Å². The van der Waals surface area contributed by atoms with E-state index >= 15 is 0 Å². The van der Waals surface area contributed by atoms with E-state index in [0.29, 0.717) is 28.6 Å². The molecule has 1 aromatic carbocycles. The second-order valence-electron chi connectivity index (χ2n) is 8.97. The third-order valence-corrected chi connectivity index (χ3v) is 5.39. The van der Waals surface area contributed by atoms with Crippen LogP contribution in [0.4, 0.5) is 8.78 Å². The van der Waals surface area contributed by atoms with Gasteiger partial charge in [0.15, 0.2) is 0 Å². The lowest BCUT2D eigenvalue weighted by molar-refractivity contribution is 0.388. The zero-order valence-electron chi connectivity index (χ0n) is 22.1. The van der Waals surface area contributed by atoms with Gasteiger partial charge in [0.05, 0.1) is 25.4 Å². The Morgan fingerprint density at radius 3 is 1.60 bits per heavy atom. The van der Waals surface area contributed by atoms with Gasteiger partial charge in [-0.3, -0.25) is 0 Å². The SMILES string of the molecule is COc1ncc(Cl)cc1C(C)C.COc1ncc(F)cc1C(C)C.Cc1ccc(F)cc1C(C)C. The Hall–Kier alpha value is -2.73. The van der Waals surface area contributed by atoms with Crippen LogP contribution in [-0.4, -0.2) is 24.2 Å². The Bertz CT molecular complexity index is 1020. The summed E-state index contributed by atoms with van der Waals surface area (Å²) in [6, 6.07) is 8.28. The van der Waals surface area contributed by atoms with E-state index in [1.807, 2.05) is 32.9 Å². The highest BCUT2D eigenvalue weighted by Gasteiger charge is 2.10. The van der Waals surface area contributed by atoms with E-state index < -0.39 is 0 Å². The second kappa shape index (κ2) is 14.6. The molecule has 0 aliphatic rings. The molecule has 0 fully saturated rings. The number of halogens is 3. The number of hydrogen-bond donors (Lipinski definition) is 0. The minimum Gasteiger partial charge on any atom is -0.481 e. The van der Waals surface area contributed by atoms with E-state index in [1.165, 1.54) is 24.8 Å². The molecular formula is C28H37ClF2N2O2. The number of aromatic nitrogens is 2. The number of pyridine rings is 2. The van der Waals surface area contributed by atoms with Crippen molar-refractivity contribution in [2.24, 2.45) is 0 Å². The van der Waals surface area contributed by atoms with E-state index in [4.69, 9.17) is 21.1 Å². The van der Waals surface area contributed by atoms with Gasteiger partial charge in [-0.25, -0.2) is 18.7 Å². The highest BCUT2D eigenvalue weighted by molar-refractivity contribution is 6.30. The van der Waals surface area contributed by atoms with Gasteiger partial charge in [-0.05, 0) is 60.1 Å². The molecule has 0 saturated carbocycles. The van der Waals surface area contributed by atoms with Gasteiger partial charge in [-0.1, -0.05) is 59.2 Å². The number of methoxy groups -OCH3 is 2. The van der Waals surface area contributed by atoms with Crippen molar-refractivity contribution in [3.05, 3.63) is 81.6 Å². The summed E-state index contributed by atoms with van der Waals surface area (Å²) in [7, 11) is 3.15. The zero-order chi connectivity index (χ0) is 26.7. The van der Waals surface area contributed by atoms with Crippen molar-refractivity contribution in [3.63, 3.8) is 0 Å². The Morgan fingerprint density at radius 1 is 0.686 bits per heavy atom. The van der Waals surface area contributed by atoms with Crippen LogP contribution in [0.2, 0.25) is 5.02 Å². The Balaban J connectivity index is 0.000000263. The van der Waals surface area contributed by atoms with Crippen LogP contribution in [0.15, 0.2) is 42.7 Å². The number of ether oxygens (including phenoxy) is 2. The predicted molar refractivity (Wildman–Crippen MR) is 140 cm³/mol. The third kappa shape index (κ3) is 9.81. The quantitative estimate of drug-likeness (QED) is 0.348. The maximum Gasteiger partial charge on any atom is 0.216 e. The van der Waals surface area contributed by atoms with Gasteiger partial charge in [-0.15, -0.1) is 0 Å². The number of nitrogens with zero attached hydrogens (tertiary/aromatic N) is 2. The molecule has 3 aromatic rings. The molecule has 0 saturated heterocycles. The topological polar surface area (TPSA) is 44.2 Å². The van der Waals surface area contributed by atoms with Crippen LogP contribution in [0.5, 0.6) is 11.8 Å². The lowest BCUT2D eigenvalue weighted by Gasteiger charge is -2.09. The summed E-state index contributed by atoms with van der Waals surface area (Å²) in [5.41, 5.74) is 4.12. The molecular weight excluding hydrogens is 470 g/mol. The first-order valence-corrected chi connectivity index (χ1v) is 11.9. The van der Waals surface area contributed by atoms with Crippen molar-refractivity contribution >= 4 is 11.6 Å². The third-order valence-electron chi connectivity index (χ3n) is 5.18. The molecule has 0 radical (unpaired) electrons. The van der Waals surface area contributed by atoms with Crippen molar-refractivity contribution in [1.82, 2.24) is 9.97 Å². The molecule has 2 aromatic heterocycles. The molecule has 0 unspecified atom stereocenters. The van der Waals surface area contributed by atoms with Gasteiger partial charge in [0.2, 0.25) is 11.8 Å². The Kier molecular flexibility index (Phi) is 12.7. The molecule has 0 spiro atoms. The van der Waals surface area contributed by atoms with E-state index in [9.17, 15) is 8.78 Å². The molecule has 0 atom stereocenters. The number of hydrogen-bond acceptors (Lipinski definition) is 4. The van der Waals surface area contributed by atoms with Crippen molar-refractivity contribution in [1.29, 1.82) is 0 Å². The molecule has 2 heterocycles. The van der Waals surface area contributed by atoms with Gasteiger partial charge in [0.1, 0.15) is 11.6 Å². The van der Waals surface area contributed by atoms with E-state index in [0.717, 1.165) is 22.9 Å². The summed E-state index contributed by atoms with van der Waals surface area (Å²) >= 11 is 5.80. The van der Waals surface area contributed by atoms with Gasteiger partial charge < -0.3 is 9.47 Å². The molecule has 0 N–H and O–H groups in total. The minimum absolute atomic E-state index is 0.140. The van der Waals surface area contributed by atoms with Crippen molar-refractivity contribution in [3.8, 4) is 11.8 Å². The fourth-order valence-electron chi connectivity index (χ4n) is 3.29. The molecule has 192 valence electrons. The van der Waals surface area contributed by atoms with E-state index in [2.05, 4.69) is 37.7 Å². The number of aryl methyl sites for hydroxylation is 1. The van der Waals surface area contributed by atoms with Gasteiger partial charge in [0, 0.05) is 17.3 Å². The summed E-state index contributed by atoms with van der Waals surface area (Å²) in [5, 5.41) is 0.652. The molecule has 3 rings (SSSR count). The standard InChI is InChI=1S/C10H13F.C9H12ClNO.C9H12FNO/c1-7(2)10-6-9(11)5-4-8(10)3;2*1-6(2)8-4-7(10)5-11-9(8)12-3/h4-7H,1-3H3;2*4-6H,1-3H3. The zero-order valence-corrected chi connectivity index (χ0v) is 22.9. The van der Waals surface area contributed by atoms with Gasteiger partial charge in [0.25, 0.3) is 0 Å². The van der Waals surface area contributed by atoms with Crippen LogP contribution in [0.3, 0.4) is 0 Å². The predicted octanol–water partition coefficient (Wildman–Crippen LogP) is 8.48. The molecule has 35 heavy (non-hydrogen) atoms. The largest absolute Gasteiger partial charge is 0.481 e. The molecule has 0 aliphatic carbocycles. The molecule has 0 bridgehead atoms. The summed E-state index contributed by atoms with van der Waals surface area (Å²) in [4.78, 5) is 7.88. The van der Waals surface area contributed by atoms with Crippen LogP contribution in [0.25, 0.3) is 0 Å². The summed E-state index contributed by atoms with van der Waals surface area (Å²) < 4.78 is 35.5. The average molecular weight is 507 g/mol. The van der Waals surface area contributed by atoms with Crippen LogP contribution < -0.4 is 9.47 Å². The first kappa shape index (κ1) is 30.3. The lowest BCUT2D eigenvalue weighted by atomic mass is 9.98. The summed E-state index contributed by atoms with van der Waals surface area (Å²) in [5.74, 6) is 1.72.